The van der Waals surface area contributed by atoms with Gasteiger partial charge in [0.05, 0.1) is 26.3 Å². The molecule has 10 heteroatoms. The van der Waals surface area contributed by atoms with E-state index in [9.17, 15) is 13.0 Å². The molecule has 0 amide bonds. The van der Waals surface area contributed by atoms with Crippen LogP contribution in [0.2, 0.25) is 10.0 Å². The monoisotopic (exact) mass is 530 g/mol. The first kappa shape index (κ1) is 25.1. The number of halogens is 2. The summed E-state index contributed by atoms with van der Waals surface area (Å²) in [4.78, 5) is 2.63. The van der Waals surface area contributed by atoms with Gasteiger partial charge in [-0.2, -0.15) is 0 Å². The van der Waals surface area contributed by atoms with Crippen molar-refractivity contribution in [2.24, 2.45) is 0 Å². The Labute approximate surface area is 209 Å². The minimum absolute atomic E-state index is 0.137. The van der Waals surface area contributed by atoms with Crippen LogP contribution in [0.4, 0.5) is 0 Å². The molecule has 1 unspecified atom stereocenters. The lowest BCUT2D eigenvalue weighted by atomic mass is 9.92. The summed E-state index contributed by atoms with van der Waals surface area (Å²) in [6.07, 6.45) is 5.34. The first-order chi connectivity index (χ1) is 15.8. The van der Waals surface area contributed by atoms with Crippen molar-refractivity contribution in [3.05, 3.63) is 58.6 Å². The van der Waals surface area contributed by atoms with E-state index in [4.69, 9.17) is 27.9 Å². The molecule has 6 nitrogen and oxygen atoms in total. The maximum Gasteiger partial charge on any atom is 0.279 e. The number of ether oxygens (including phenoxy) is 1. The highest BCUT2D eigenvalue weighted by molar-refractivity contribution is 8.05. The van der Waals surface area contributed by atoms with Crippen LogP contribution in [0.1, 0.15) is 38.5 Å². The number of benzene rings is 2. The molecule has 2 aliphatic rings. The Kier molecular flexibility index (Phi) is 8.49. The van der Waals surface area contributed by atoms with Crippen LogP contribution in [0.25, 0.3) is 0 Å². The van der Waals surface area contributed by atoms with Crippen LogP contribution in [-0.4, -0.2) is 48.4 Å². The van der Waals surface area contributed by atoms with Crippen LogP contribution in [0.5, 0.6) is 5.75 Å². The molecule has 1 saturated heterocycles. The highest BCUT2D eigenvalue weighted by atomic mass is 35.5. The second-order valence-corrected chi connectivity index (χ2v) is 12.8. The zero-order chi connectivity index (χ0) is 23.4. The van der Waals surface area contributed by atoms with Gasteiger partial charge in [0, 0.05) is 25.2 Å². The molecule has 33 heavy (non-hydrogen) atoms. The lowest BCUT2D eigenvalue weighted by molar-refractivity contribution is 0.0634. The van der Waals surface area contributed by atoms with Crippen LogP contribution < -0.4 is 8.86 Å². The SMILES string of the molecule is O=S(=O)(N[S+]([O-])C1CCC(N2CCC(Oc3ccc(Cl)c(Cl)c3)CC2)CC1)c1ccccc1. The zero-order valence-electron chi connectivity index (χ0n) is 18.2. The fourth-order valence-electron chi connectivity index (χ4n) is 4.55. The average molecular weight is 532 g/mol. The third kappa shape index (κ3) is 6.57. The second-order valence-electron chi connectivity index (χ2n) is 8.56. The largest absolute Gasteiger partial charge is 0.597 e. The number of nitrogens with zero attached hydrogens (tertiary/aromatic N) is 1. The Morgan fingerprint density at radius 1 is 0.939 bits per heavy atom. The highest BCUT2D eigenvalue weighted by Gasteiger charge is 2.36. The molecule has 2 aromatic rings. The quantitative estimate of drug-likeness (QED) is 0.520. The fourth-order valence-corrected chi connectivity index (χ4v) is 7.85. The van der Waals surface area contributed by atoms with Gasteiger partial charge in [-0.05, 0) is 66.9 Å². The predicted octanol–water partition coefficient (Wildman–Crippen LogP) is 4.79. The Balaban J connectivity index is 1.22. The van der Waals surface area contributed by atoms with E-state index in [0.717, 1.165) is 57.4 Å². The summed E-state index contributed by atoms with van der Waals surface area (Å²) in [6, 6.07) is 13.8. The molecule has 2 aromatic carbocycles. The van der Waals surface area contributed by atoms with Crippen LogP contribution >= 0.6 is 23.2 Å². The summed E-state index contributed by atoms with van der Waals surface area (Å²) in [5.41, 5.74) is 0. The lowest BCUT2D eigenvalue weighted by Gasteiger charge is -2.40. The molecule has 1 aliphatic carbocycles. The number of rotatable bonds is 7. The second kappa shape index (κ2) is 11.2. The van der Waals surface area contributed by atoms with Crippen LogP contribution in [0, 0.1) is 0 Å². The van der Waals surface area contributed by atoms with Gasteiger partial charge in [-0.25, -0.2) is 8.42 Å². The minimum atomic E-state index is -3.77. The van der Waals surface area contributed by atoms with Gasteiger partial charge in [0.25, 0.3) is 10.0 Å². The van der Waals surface area contributed by atoms with Gasteiger partial charge in [-0.3, -0.25) is 0 Å². The Hall–Kier alpha value is -1.00. The van der Waals surface area contributed by atoms with E-state index >= 15 is 0 Å². The van der Waals surface area contributed by atoms with Gasteiger partial charge >= 0.3 is 0 Å². The smallest absolute Gasteiger partial charge is 0.279 e. The molecule has 0 aromatic heterocycles. The summed E-state index contributed by atoms with van der Waals surface area (Å²) in [5.74, 6) is 0.740. The van der Waals surface area contributed by atoms with Gasteiger partial charge in [0.2, 0.25) is 0 Å². The third-order valence-corrected chi connectivity index (χ3v) is 10.6. The number of nitrogens with one attached hydrogen (secondary N) is 1. The minimum Gasteiger partial charge on any atom is -0.597 e. The van der Waals surface area contributed by atoms with Gasteiger partial charge in [0.15, 0.2) is 0 Å². The zero-order valence-corrected chi connectivity index (χ0v) is 21.3. The molecule has 1 aliphatic heterocycles. The van der Waals surface area contributed by atoms with E-state index in [1.165, 1.54) is 12.1 Å². The summed E-state index contributed by atoms with van der Waals surface area (Å²) in [5, 5.41) is 0.852. The fraction of sp³-hybridized carbons (Fsp3) is 0.478. The normalized spacial score (nSPS) is 23.8. The molecule has 0 bridgehead atoms. The maximum absolute atomic E-state index is 12.7. The van der Waals surface area contributed by atoms with Crippen molar-refractivity contribution in [1.29, 1.82) is 0 Å². The average Bonchev–Trinajstić information content (AvgIpc) is 2.82. The lowest BCUT2D eigenvalue weighted by Crippen LogP contribution is -2.47. The Morgan fingerprint density at radius 2 is 1.61 bits per heavy atom. The van der Waals surface area contributed by atoms with E-state index in [2.05, 4.69) is 9.03 Å². The van der Waals surface area contributed by atoms with E-state index in [0.29, 0.717) is 16.1 Å². The number of likely N-dealkylation sites (tertiary alicyclic amines) is 1. The maximum atomic E-state index is 12.7. The van der Waals surface area contributed by atoms with Crippen molar-refractivity contribution >= 4 is 44.6 Å². The van der Waals surface area contributed by atoms with Crippen molar-refractivity contribution in [1.82, 2.24) is 9.03 Å². The van der Waals surface area contributed by atoms with Crippen LogP contribution in [0.3, 0.4) is 0 Å². The summed E-state index contributed by atoms with van der Waals surface area (Å²) in [6.45, 7) is 1.90. The first-order valence-corrected chi connectivity index (χ1v) is 14.6. The van der Waals surface area contributed by atoms with Crippen molar-refractivity contribution in [3.8, 4) is 5.75 Å². The molecule has 1 saturated carbocycles. The molecule has 2 fully saturated rings. The summed E-state index contributed by atoms with van der Waals surface area (Å²) >= 11 is 10.4. The summed E-state index contributed by atoms with van der Waals surface area (Å²) in [7, 11) is -3.77. The van der Waals surface area contributed by atoms with Crippen molar-refractivity contribution in [2.75, 3.05) is 13.1 Å². The molecule has 180 valence electrons. The number of sulfonamides is 1. The van der Waals surface area contributed by atoms with E-state index < -0.39 is 21.4 Å². The Morgan fingerprint density at radius 3 is 2.24 bits per heavy atom. The first-order valence-electron chi connectivity index (χ1n) is 11.2. The van der Waals surface area contributed by atoms with Gasteiger partial charge in [0.1, 0.15) is 17.1 Å². The van der Waals surface area contributed by atoms with Crippen molar-refractivity contribution in [3.63, 3.8) is 0 Å². The molecular formula is C23H28Cl2N2O4S2. The molecule has 4 rings (SSSR count). The highest BCUT2D eigenvalue weighted by Crippen LogP contribution is 2.31. The van der Waals surface area contributed by atoms with Gasteiger partial charge in [-0.15, -0.1) is 0 Å². The van der Waals surface area contributed by atoms with Crippen LogP contribution in [0.15, 0.2) is 53.4 Å². The van der Waals surface area contributed by atoms with Gasteiger partial charge < -0.3 is 14.2 Å². The standard InChI is InChI=1S/C23H28Cl2N2O4S2/c24-22-11-8-19(16-23(22)25)31-18-12-14-27(15-13-18)17-6-9-20(10-7-17)32(28)26-33(29,30)21-4-2-1-3-5-21/h1-5,8,11,16-18,20,26H,6-7,9-10,12-15H2. The van der Waals surface area contributed by atoms with Crippen molar-refractivity contribution < 1.29 is 17.7 Å². The molecule has 1 atom stereocenters. The number of hydrogen-bond acceptors (Lipinski definition) is 5. The molecular weight excluding hydrogens is 503 g/mol. The topological polar surface area (TPSA) is 81.7 Å². The number of piperidine rings is 1. The molecule has 1 heterocycles. The van der Waals surface area contributed by atoms with E-state index in [1.807, 2.05) is 6.07 Å². The molecule has 0 radical (unpaired) electrons. The summed E-state index contributed by atoms with van der Waals surface area (Å²) < 4.78 is 46.1. The van der Waals surface area contributed by atoms with E-state index in [-0.39, 0.29) is 16.2 Å². The predicted molar refractivity (Wildman–Crippen MR) is 133 cm³/mol. The van der Waals surface area contributed by atoms with Gasteiger partial charge in [-0.1, -0.05) is 41.4 Å². The van der Waals surface area contributed by atoms with E-state index in [1.54, 1.807) is 30.3 Å². The number of hydrogen-bond donors (Lipinski definition) is 1. The third-order valence-electron chi connectivity index (χ3n) is 6.38. The van der Waals surface area contributed by atoms with Crippen molar-refractivity contribution in [2.45, 2.75) is 60.8 Å². The van der Waals surface area contributed by atoms with Crippen LogP contribution in [-0.2, 0) is 21.4 Å². The Bertz CT molecular complexity index is 1030. The molecule has 0 spiro atoms. The molecule has 1 N–H and O–H groups in total.